The quantitative estimate of drug-likeness (QED) is 0.402. The minimum absolute atomic E-state index is 0.223. The number of aliphatic hydroxyl groups excluding tert-OH is 1. The first-order chi connectivity index (χ1) is 18.5. The lowest BCUT2D eigenvalue weighted by atomic mass is 9.92. The lowest BCUT2D eigenvalue weighted by Gasteiger charge is -2.24. The van der Waals surface area contributed by atoms with Crippen molar-refractivity contribution in [3.8, 4) is 22.6 Å². The average molecular weight is 513 g/mol. The molecule has 6 rings (SSSR count). The van der Waals surface area contributed by atoms with Gasteiger partial charge in [-0.3, -0.25) is 19.6 Å². The largest absolute Gasteiger partial charge is 0.497 e. The van der Waals surface area contributed by atoms with Gasteiger partial charge in [-0.05, 0) is 53.4 Å². The highest BCUT2D eigenvalue weighted by molar-refractivity contribution is 6.01. The Morgan fingerprint density at radius 1 is 1.13 bits per heavy atom. The number of imidazole rings is 1. The molecular formula is C30H29FN4O3. The fourth-order valence-corrected chi connectivity index (χ4v) is 5.46. The summed E-state index contributed by atoms with van der Waals surface area (Å²) >= 11 is 0. The second kappa shape index (κ2) is 10.1. The highest BCUT2D eigenvalue weighted by Gasteiger charge is 2.34. The number of likely N-dealkylation sites (tertiary alicyclic amines) is 1. The maximum absolute atomic E-state index is 15.6. The number of fused-ring (bicyclic) bond motifs is 1. The normalized spacial score (nSPS) is 19.5. The number of rotatable bonds is 6. The summed E-state index contributed by atoms with van der Waals surface area (Å²) in [6, 6.07) is 19.6. The molecule has 0 radical (unpaired) electrons. The van der Waals surface area contributed by atoms with E-state index in [-0.39, 0.29) is 11.9 Å². The summed E-state index contributed by atoms with van der Waals surface area (Å²) in [6.45, 7) is 2.54. The second-order valence-corrected chi connectivity index (χ2v) is 9.86. The molecule has 2 atom stereocenters. The molecule has 0 aliphatic carbocycles. The minimum Gasteiger partial charge on any atom is -0.497 e. The Morgan fingerprint density at radius 2 is 1.95 bits per heavy atom. The maximum atomic E-state index is 15.6. The average Bonchev–Trinajstić information content (AvgIpc) is 3.56. The van der Waals surface area contributed by atoms with E-state index in [0.717, 1.165) is 41.1 Å². The van der Waals surface area contributed by atoms with Crippen molar-refractivity contribution in [2.75, 3.05) is 20.2 Å². The van der Waals surface area contributed by atoms with Gasteiger partial charge in [-0.25, -0.2) is 9.37 Å². The first-order valence-electron chi connectivity index (χ1n) is 12.8. The Morgan fingerprint density at radius 3 is 2.68 bits per heavy atom. The lowest BCUT2D eigenvalue weighted by molar-refractivity contribution is 0.0920. The van der Waals surface area contributed by atoms with E-state index in [9.17, 15) is 9.90 Å². The number of hydrogen-bond donors (Lipinski definition) is 2. The Kier molecular flexibility index (Phi) is 6.53. The van der Waals surface area contributed by atoms with Gasteiger partial charge in [0.15, 0.2) is 0 Å². The van der Waals surface area contributed by atoms with Crippen LogP contribution in [0, 0.1) is 5.82 Å². The number of methoxy groups -OCH3 is 1. The van der Waals surface area contributed by atoms with Crippen molar-refractivity contribution >= 4 is 5.78 Å². The monoisotopic (exact) mass is 512 g/mol. The Bertz CT molecular complexity index is 1480. The predicted molar refractivity (Wildman–Crippen MR) is 142 cm³/mol. The van der Waals surface area contributed by atoms with E-state index in [0.29, 0.717) is 36.6 Å². The van der Waals surface area contributed by atoms with Crippen molar-refractivity contribution in [3.63, 3.8) is 0 Å². The molecule has 1 saturated heterocycles. The Hall–Kier alpha value is -3.85. The molecule has 2 aliphatic rings. The number of aromatic nitrogens is 2. The maximum Gasteiger partial charge on any atom is 0.203 e. The van der Waals surface area contributed by atoms with Gasteiger partial charge in [0.05, 0.1) is 18.9 Å². The van der Waals surface area contributed by atoms with Gasteiger partial charge < -0.3 is 9.84 Å². The van der Waals surface area contributed by atoms with Crippen molar-refractivity contribution < 1.29 is 19.0 Å². The number of aliphatic hydroxyl groups is 1. The van der Waals surface area contributed by atoms with Gasteiger partial charge in [0.1, 0.15) is 29.6 Å². The number of ketones is 1. The van der Waals surface area contributed by atoms with E-state index in [2.05, 4.69) is 15.2 Å². The van der Waals surface area contributed by atoms with Crippen LogP contribution in [-0.2, 0) is 13.1 Å². The Labute approximate surface area is 220 Å². The van der Waals surface area contributed by atoms with Gasteiger partial charge in [-0.2, -0.15) is 0 Å². The zero-order valence-electron chi connectivity index (χ0n) is 21.1. The molecule has 4 aromatic rings. The fourth-order valence-electron chi connectivity index (χ4n) is 5.46. The van der Waals surface area contributed by atoms with Gasteiger partial charge in [0, 0.05) is 37.4 Å². The first kappa shape index (κ1) is 24.5. The van der Waals surface area contributed by atoms with Crippen LogP contribution in [0.15, 0.2) is 73.1 Å². The van der Waals surface area contributed by atoms with E-state index in [1.54, 1.807) is 24.1 Å². The molecular weight excluding hydrogens is 483 g/mol. The van der Waals surface area contributed by atoms with E-state index in [1.165, 1.54) is 6.07 Å². The number of Topliss-reactive ketones (excluding diaryl/α,β-unsaturated/α-hetero) is 1. The van der Waals surface area contributed by atoms with Crippen LogP contribution in [0.4, 0.5) is 4.39 Å². The molecule has 2 aliphatic heterocycles. The van der Waals surface area contributed by atoms with Crippen LogP contribution in [-0.4, -0.2) is 51.6 Å². The molecule has 7 nitrogen and oxygen atoms in total. The van der Waals surface area contributed by atoms with Crippen molar-refractivity contribution in [2.24, 2.45) is 0 Å². The van der Waals surface area contributed by atoms with Gasteiger partial charge >= 0.3 is 0 Å². The minimum atomic E-state index is -0.813. The number of hydrogen-bond acceptors (Lipinski definition) is 6. The van der Waals surface area contributed by atoms with Crippen LogP contribution in [0.3, 0.4) is 0 Å². The standard InChI is InChI=1S/C30H29FN4O3/c1-38-23-9-7-21(8-10-23)35-18-33-27-15-32-28(30(37)29(27)35)25-11-6-19(14-26(25)31)24-5-3-2-4-20(24)16-34-13-12-22(36)17-34/h2-11,14,18,22,28,32,36H,12-13,15-17H2,1H3/t22-,28?/m0/s1. The van der Waals surface area contributed by atoms with Crippen LogP contribution in [0.1, 0.15) is 39.8 Å². The molecule has 2 N–H and O–H groups in total. The van der Waals surface area contributed by atoms with E-state index in [1.807, 2.05) is 54.6 Å². The molecule has 0 saturated carbocycles. The van der Waals surface area contributed by atoms with Crippen LogP contribution in [0.25, 0.3) is 16.8 Å². The molecule has 8 heteroatoms. The van der Waals surface area contributed by atoms with Gasteiger partial charge in [0.25, 0.3) is 0 Å². The molecule has 1 fully saturated rings. The smallest absolute Gasteiger partial charge is 0.203 e. The molecule has 0 bridgehead atoms. The zero-order valence-corrected chi connectivity index (χ0v) is 21.1. The molecule has 38 heavy (non-hydrogen) atoms. The molecule has 1 aromatic heterocycles. The zero-order chi connectivity index (χ0) is 26.2. The van der Waals surface area contributed by atoms with E-state index >= 15 is 4.39 Å². The number of halogens is 1. The van der Waals surface area contributed by atoms with Gasteiger partial charge in [-0.15, -0.1) is 0 Å². The summed E-state index contributed by atoms with van der Waals surface area (Å²) < 4.78 is 22.6. The van der Waals surface area contributed by atoms with Crippen molar-refractivity contribution in [1.82, 2.24) is 19.8 Å². The molecule has 3 heterocycles. The number of β-amino-alcohol motifs (C(OH)–C–C–N with tert-alkyl or cyclic N) is 1. The summed E-state index contributed by atoms with van der Waals surface area (Å²) in [6.07, 6.45) is 2.11. The molecule has 0 spiro atoms. The van der Waals surface area contributed by atoms with Crippen LogP contribution in [0.5, 0.6) is 5.75 Å². The summed E-state index contributed by atoms with van der Waals surface area (Å²) in [7, 11) is 1.60. The van der Waals surface area contributed by atoms with Gasteiger partial charge in [-0.1, -0.05) is 36.4 Å². The molecule has 194 valence electrons. The third-order valence-corrected chi connectivity index (χ3v) is 7.44. The fraction of sp³-hybridized carbons (Fsp3) is 0.267. The summed E-state index contributed by atoms with van der Waals surface area (Å²) in [5.74, 6) is 0.0632. The topological polar surface area (TPSA) is 79.6 Å². The van der Waals surface area contributed by atoms with Crippen molar-refractivity contribution in [3.05, 3.63) is 101 Å². The number of nitrogens with one attached hydrogen (secondary N) is 1. The van der Waals surface area contributed by atoms with Crippen molar-refractivity contribution in [2.45, 2.75) is 31.7 Å². The second-order valence-electron chi connectivity index (χ2n) is 9.86. The molecule has 0 amide bonds. The van der Waals surface area contributed by atoms with Gasteiger partial charge in [0.2, 0.25) is 5.78 Å². The SMILES string of the molecule is COc1ccc(-n2cnc3c2C(=O)C(c2ccc(-c4ccccc4CN4CC[C@H](O)C4)cc2F)NC3)cc1. The third kappa shape index (κ3) is 4.51. The summed E-state index contributed by atoms with van der Waals surface area (Å²) in [5, 5.41) is 13.1. The Balaban J connectivity index is 1.28. The molecule has 3 aromatic carbocycles. The van der Waals surface area contributed by atoms with Crippen molar-refractivity contribution in [1.29, 1.82) is 0 Å². The number of nitrogens with zero attached hydrogens (tertiary/aromatic N) is 3. The summed E-state index contributed by atoms with van der Waals surface area (Å²) in [4.78, 5) is 20.3. The first-order valence-corrected chi connectivity index (χ1v) is 12.8. The highest BCUT2D eigenvalue weighted by Crippen LogP contribution is 2.33. The lowest BCUT2D eigenvalue weighted by Crippen LogP contribution is -2.36. The van der Waals surface area contributed by atoms with E-state index < -0.39 is 11.9 Å². The number of ether oxygens (including phenoxy) is 1. The number of carbonyl (C=O) groups excluding carboxylic acids is 1. The predicted octanol–water partition coefficient (Wildman–Crippen LogP) is 4.28. The third-order valence-electron chi connectivity index (χ3n) is 7.44. The number of benzene rings is 3. The van der Waals surface area contributed by atoms with Crippen LogP contribution >= 0.6 is 0 Å². The van der Waals surface area contributed by atoms with Crippen LogP contribution in [0.2, 0.25) is 0 Å². The highest BCUT2D eigenvalue weighted by atomic mass is 19.1. The number of carbonyl (C=O) groups is 1. The van der Waals surface area contributed by atoms with Crippen LogP contribution < -0.4 is 10.1 Å². The summed E-state index contributed by atoms with van der Waals surface area (Å²) in [5.41, 5.74) is 4.98. The van der Waals surface area contributed by atoms with E-state index in [4.69, 9.17) is 4.74 Å². The molecule has 1 unspecified atom stereocenters.